The Morgan fingerprint density at radius 3 is 2.58 bits per heavy atom. The number of ether oxygens (including phenoxy) is 1. The molecule has 1 saturated carbocycles. The molecule has 1 saturated heterocycles. The van der Waals surface area contributed by atoms with E-state index in [0.29, 0.717) is 24.3 Å². The molecule has 1 spiro atoms. The van der Waals surface area contributed by atoms with Crippen LogP contribution in [0.25, 0.3) is 0 Å². The summed E-state index contributed by atoms with van der Waals surface area (Å²) < 4.78 is 33.3. The van der Waals surface area contributed by atoms with Crippen LogP contribution < -0.4 is 5.32 Å². The van der Waals surface area contributed by atoms with Crippen LogP contribution in [0.4, 0.5) is 8.78 Å². The molecule has 0 radical (unpaired) electrons. The molecule has 104 valence electrons. The summed E-state index contributed by atoms with van der Waals surface area (Å²) in [6.07, 6.45) is 4.28. The van der Waals surface area contributed by atoms with Crippen molar-refractivity contribution in [3.8, 4) is 0 Å². The van der Waals surface area contributed by atoms with Gasteiger partial charge in [0, 0.05) is 17.6 Å². The van der Waals surface area contributed by atoms with E-state index in [1.165, 1.54) is 25.0 Å². The second-order valence-corrected chi connectivity index (χ2v) is 5.79. The highest BCUT2D eigenvalue weighted by atomic mass is 19.1. The third kappa shape index (κ3) is 2.39. The number of benzene rings is 1. The van der Waals surface area contributed by atoms with E-state index in [9.17, 15) is 8.78 Å². The van der Waals surface area contributed by atoms with Crippen molar-refractivity contribution >= 4 is 0 Å². The molecule has 4 heteroatoms. The van der Waals surface area contributed by atoms with Gasteiger partial charge in [-0.15, -0.1) is 0 Å². The Morgan fingerprint density at radius 1 is 1.21 bits per heavy atom. The lowest BCUT2D eigenvalue weighted by atomic mass is 9.95. The number of nitrogens with one attached hydrogen (secondary N) is 1. The molecule has 1 atom stereocenters. The van der Waals surface area contributed by atoms with Crippen LogP contribution in [0.2, 0.25) is 0 Å². The highest BCUT2D eigenvalue weighted by Gasteiger charge is 2.38. The van der Waals surface area contributed by atoms with Gasteiger partial charge >= 0.3 is 0 Å². The molecule has 3 rings (SSSR count). The fourth-order valence-corrected chi connectivity index (χ4v) is 3.16. The SMILES string of the molecule is Cc1cc(F)c(C2CNC3(CCCC3)CO2)cc1F. The number of morpholine rings is 1. The Morgan fingerprint density at radius 2 is 1.95 bits per heavy atom. The second-order valence-electron chi connectivity index (χ2n) is 5.79. The molecular weight excluding hydrogens is 248 g/mol. The minimum Gasteiger partial charge on any atom is -0.370 e. The fraction of sp³-hybridized carbons (Fsp3) is 0.600. The molecule has 0 aromatic heterocycles. The molecule has 19 heavy (non-hydrogen) atoms. The largest absolute Gasteiger partial charge is 0.370 e. The topological polar surface area (TPSA) is 21.3 Å². The van der Waals surface area contributed by atoms with Crippen LogP contribution in [0.15, 0.2) is 12.1 Å². The zero-order valence-electron chi connectivity index (χ0n) is 11.1. The number of rotatable bonds is 1. The van der Waals surface area contributed by atoms with Gasteiger partial charge in [0.05, 0.1) is 12.7 Å². The predicted molar refractivity (Wildman–Crippen MR) is 69.0 cm³/mol. The van der Waals surface area contributed by atoms with Gasteiger partial charge in [-0.1, -0.05) is 12.8 Å². The summed E-state index contributed by atoms with van der Waals surface area (Å²) in [5, 5.41) is 3.49. The van der Waals surface area contributed by atoms with Gasteiger partial charge in [-0.05, 0) is 37.5 Å². The van der Waals surface area contributed by atoms with Gasteiger partial charge in [0.2, 0.25) is 0 Å². The predicted octanol–water partition coefficient (Wildman–Crippen LogP) is 3.25. The Balaban J connectivity index is 1.76. The monoisotopic (exact) mass is 267 g/mol. The van der Waals surface area contributed by atoms with E-state index in [1.54, 1.807) is 6.92 Å². The first kappa shape index (κ1) is 13.0. The second kappa shape index (κ2) is 4.84. The quantitative estimate of drug-likeness (QED) is 0.843. The minimum absolute atomic E-state index is 0.0796. The van der Waals surface area contributed by atoms with Gasteiger partial charge in [-0.2, -0.15) is 0 Å². The van der Waals surface area contributed by atoms with Crippen LogP contribution >= 0.6 is 0 Å². The van der Waals surface area contributed by atoms with Crippen molar-refractivity contribution in [3.63, 3.8) is 0 Å². The summed E-state index contributed by atoms with van der Waals surface area (Å²) >= 11 is 0. The first-order chi connectivity index (χ1) is 9.10. The summed E-state index contributed by atoms with van der Waals surface area (Å²) in [7, 11) is 0. The van der Waals surface area contributed by atoms with Crippen molar-refractivity contribution in [2.45, 2.75) is 44.2 Å². The average Bonchev–Trinajstić information content (AvgIpc) is 2.84. The molecule has 0 bridgehead atoms. The summed E-state index contributed by atoms with van der Waals surface area (Å²) in [4.78, 5) is 0. The van der Waals surface area contributed by atoms with E-state index in [-0.39, 0.29) is 23.3 Å². The van der Waals surface area contributed by atoms with Crippen molar-refractivity contribution in [2.24, 2.45) is 0 Å². The molecule has 1 aliphatic carbocycles. The number of hydrogen-bond acceptors (Lipinski definition) is 2. The van der Waals surface area contributed by atoms with E-state index < -0.39 is 0 Å². The van der Waals surface area contributed by atoms with E-state index in [1.807, 2.05) is 0 Å². The van der Waals surface area contributed by atoms with Crippen molar-refractivity contribution in [2.75, 3.05) is 13.2 Å². The Kier molecular flexibility index (Phi) is 3.31. The highest BCUT2D eigenvalue weighted by molar-refractivity contribution is 5.27. The normalized spacial score (nSPS) is 25.9. The maximum Gasteiger partial charge on any atom is 0.129 e. The lowest BCUT2D eigenvalue weighted by molar-refractivity contribution is -0.0342. The number of halogens is 2. The van der Waals surface area contributed by atoms with E-state index in [4.69, 9.17) is 4.74 Å². The van der Waals surface area contributed by atoms with Gasteiger partial charge in [0.25, 0.3) is 0 Å². The molecule has 2 nitrogen and oxygen atoms in total. The number of hydrogen-bond donors (Lipinski definition) is 1. The maximum atomic E-state index is 13.9. The third-order valence-electron chi connectivity index (χ3n) is 4.41. The van der Waals surface area contributed by atoms with Gasteiger partial charge in [0.15, 0.2) is 0 Å². The molecule has 2 fully saturated rings. The van der Waals surface area contributed by atoms with E-state index in [2.05, 4.69) is 5.32 Å². The summed E-state index contributed by atoms with van der Waals surface area (Å²) in [6.45, 7) is 2.71. The zero-order chi connectivity index (χ0) is 13.5. The average molecular weight is 267 g/mol. The smallest absolute Gasteiger partial charge is 0.129 e. The molecule has 1 heterocycles. The Hall–Kier alpha value is -1.00. The fourth-order valence-electron chi connectivity index (χ4n) is 3.16. The number of aryl methyl sites for hydroxylation is 1. The Labute approximate surface area is 112 Å². The minimum atomic E-state index is -0.388. The lowest BCUT2D eigenvalue weighted by Gasteiger charge is -2.38. The lowest BCUT2D eigenvalue weighted by Crippen LogP contribution is -2.53. The summed E-state index contributed by atoms with van der Waals surface area (Å²) in [5.41, 5.74) is 0.733. The molecule has 1 aromatic rings. The van der Waals surface area contributed by atoms with Gasteiger partial charge in [0.1, 0.15) is 11.6 Å². The van der Waals surface area contributed by atoms with Gasteiger partial charge < -0.3 is 10.1 Å². The third-order valence-corrected chi connectivity index (χ3v) is 4.41. The van der Waals surface area contributed by atoms with Crippen LogP contribution in [0, 0.1) is 18.6 Å². The Bertz CT molecular complexity index is 473. The van der Waals surface area contributed by atoms with Crippen LogP contribution in [-0.4, -0.2) is 18.7 Å². The van der Waals surface area contributed by atoms with Crippen LogP contribution in [0.3, 0.4) is 0 Å². The first-order valence-electron chi connectivity index (χ1n) is 6.92. The molecule has 1 N–H and O–H groups in total. The molecular formula is C15H19F2NO. The first-order valence-corrected chi connectivity index (χ1v) is 6.92. The van der Waals surface area contributed by atoms with Crippen molar-refractivity contribution in [3.05, 3.63) is 34.9 Å². The van der Waals surface area contributed by atoms with Gasteiger partial charge in [-0.3, -0.25) is 0 Å². The van der Waals surface area contributed by atoms with Crippen LogP contribution in [-0.2, 0) is 4.74 Å². The molecule has 2 aliphatic rings. The van der Waals surface area contributed by atoms with Crippen LogP contribution in [0.5, 0.6) is 0 Å². The molecule has 1 unspecified atom stereocenters. The highest BCUT2D eigenvalue weighted by Crippen LogP contribution is 2.35. The standard InChI is InChI=1S/C15H19F2NO/c1-10-6-13(17)11(7-12(10)16)14-8-18-15(9-19-14)4-2-3-5-15/h6-7,14,18H,2-5,8-9H2,1H3. The van der Waals surface area contributed by atoms with Crippen molar-refractivity contribution in [1.82, 2.24) is 5.32 Å². The molecule has 1 aliphatic heterocycles. The van der Waals surface area contributed by atoms with Gasteiger partial charge in [-0.25, -0.2) is 8.78 Å². The van der Waals surface area contributed by atoms with E-state index >= 15 is 0 Å². The van der Waals surface area contributed by atoms with Crippen LogP contribution in [0.1, 0.15) is 42.9 Å². The van der Waals surface area contributed by atoms with Crippen molar-refractivity contribution in [1.29, 1.82) is 0 Å². The van der Waals surface area contributed by atoms with Crippen molar-refractivity contribution < 1.29 is 13.5 Å². The molecule has 1 aromatic carbocycles. The zero-order valence-corrected chi connectivity index (χ0v) is 11.1. The maximum absolute atomic E-state index is 13.9. The summed E-state index contributed by atoms with van der Waals surface area (Å²) in [6, 6.07) is 2.51. The van der Waals surface area contributed by atoms with E-state index in [0.717, 1.165) is 12.8 Å². The summed E-state index contributed by atoms with van der Waals surface area (Å²) in [5.74, 6) is -0.755. The molecule has 0 amide bonds.